The van der Waals surface area contributed by atoms with Crippen molar-refractivity contribution < 1.29 is 19.5 Å². The molecule has 0 radical (unpaired) electrons. The number of ketones is 1. The Morgan fingerprint density at radius 3 is 2.00 bits per heavy atom. The van der Waals surface area contributed by atoms with Crippen molar-refractivity contribution in [1.82, 2.24) is 0 Å². The van der Waals surface area contributed by atoms with Crippen LogP contribution in [0, 0.1) is 5.92 Å². The van der Waals surface area contributed by atoms with E-state index in [9.17, 15) is 14.4 Å². The van der Waals surface area contributed by atoms with E-state index in [0.717, 1.165) is 44.9 Å². The van der Waals surface area contributed by atoms with E-state index < -0.39 is 17.8 Å². The number of allylic oxidation sites excluding steroid dienone is 2. The molecule has 5 nitrogen and oxygen atoms in total. The molecule has 0 bridgehead atoms. The fraction of sp³-hybridized carbons (Fsp3) is 0.762. The van der Waals surface area contributed by atoms with Crippen molar-refractivity contribution in [2.24, 2.45) is 11.7 Å². The maximum Gasteiger partial charge on any atom is 0.307 e. The average Bonchev–Trinajstić information content (AvgIpc) is 2.58. The minimum absolute atomic E-state index is 0.119. The molecule has 0 unspecified atom stereocenters. The quantitative estimate of drug-likeness (QED) is 0.269. The molecule has 3 N–H and O–H groups in total. The zero-order valence-electron chi connectivity index (χ0n) is 16.4. The standard InChI is InChI=1S/C21H37NO4/c1-2-3-4-8-12-15-19(23)16-13-10-7-5-6-9-11-14-18(21(25)26)17-20(22)24/h9,11,18H,2-8,10,12-17H2,1H3,(H2,22,24)(H,25,26)/b11-9+/t18-/m0/s1. The molecule has 0 aliphatic carbocycles. The van der Waals surface area contributed by atoms with Gasteiger partial charge in [-0.3, -0.25) is 14.4 Å². The lowest BCUT2D eigenvalue weighted by Gasteiger charge is -2.06. The Bertz CT molecular complexity index is 432. The van der Waals surface area contributed by atoms with E-state index in [2.05, 4.69) is 6.92 Å². The maximum atomic E-state index is 11.8. The van der Waals surface area contributed by atoms with Crippen LogP contribution in [0.1, 0.15) is 96.8 Å². The van der Waals surface area contributed by atoms with Crippen molar-refractivity contribution in [3.63, 3.8) is 0 Å². The monoisotopic (exact) mass is 367 g/mol. The molecule has 0 heterocycles. The van der Waals surface area contributed by atoms with Gasteiger partial charge >= 0.3 is 5.97 Å². The van der Waals surface area contributed by atoms with Crippen molar-refractivity contribution in [2.75, 3.05) is 0 Å². The molecule has 0 aliphatic heterocycles. The number of carboxylic acids is 1. The number of primary amides is 1. The largest absolute Gasteiger partial charge is 0.481 e. The maximum absolute atomic E-state index is 11.8. The number of carboxylic acid groups (broad SMARTS) is 1. The summed E-state index contributed by atoms with van der Waals surface area (Å²) in [6, 6.07) is 0. The third-order valence-electron chi connectivity index (χ3n) is 4.52. The molecule has 0 fully saturated rings. The molecule has 150 valence electrons. The number of hydrogen-bond donors (Lipinski definition) is 2. The molecule has 26 heavy (non-hydrogen) atoms. The van der Waals surface area contributed by atoms with Gasteiger partial charge in [0.15, 0.2) is 0 Å². The van der Waals surface area contributed by atoms with Crippen LogP contribution in [0.2, 0.25) is 0 Å². The summed E-state index contributed by atoms with van der Waals surface area (Å²) >= 11 is 0. The molecule has 0 aromatic carbocycles. The number of unbranched alkanes of at least 4 members (excludes halogenated alkanes) is 8. The van der Waals surface area contributed by atoms with Crippen molar-refractivity contribution in [3.05, 3.63) is 12.2 Å². The van der Waals surface area contributed by atoms with Gasteiger partial charge < -0.3 is 10.8 Å². The van der Waals surface area contributed by atoms with Crippen molar-refractivity contribution in [3.8, 4) is 0 Å². The van der Waals surface area contributed by atoms with Gasteiger partial charge in [0.1, 0.15) is 5.78 Å². The van der Waals surface area contributed by atoms with Crippen molar-refractivity contribution in [1.29, 1.82) is 0 Å². The van der Waals surface area contributed by atoms with E-state index in [1.807, 2.05) is 12.2 Å². The second-order valence-corrected chi connectivity index (χ2v) is 7.07. The van der Waals surface area contributed by atoms with E-state index in [-0.39, 0.29) is 6.42 Å². The van der Waals surface area contributed by atoms with Crippen LogP contribution >= 0.6 is 0 Å². The van der Waals surface area contributed by atoms with Crippen molar-refractivity contribution >= 4 is 17.7 Å². The third-order valence-corrected chi connectivity index (χ3v) is 4.52. The molecule has 0 saturated carbocycles. The first-order valence-corrected chi connectivity index (χ1v) is 10.1. The first kappa shape index (κ1) is 24.4. The van der Waals surface area contributed by atoms with Crippen LogP contribution in [0.4, 0.5) is 0 Å². The van der Waals surface area contributed by atoms with Crippen LogP contribution in [0.25, 0.3) is 0 Å². The lowest BCUT2D eigenvalue weighted by Crippen LogP contribution is -2.21. The highest BCUT2D eigenvalue weighted by molar-refractivity contribution is 5.81. The van der Waals surface area contributed by atoms with Crippen LogP contribution in [-0.4, -0.2) is 22.8 Å². The smallest absolute Gasteiger partial charge is 0.307 e. The number of amides is 1. The van der Waals surface area contributed by atoms with Gasteiger partial charge in [-0.15, -0.1) is 0 Å². The van der Waals surface area contributed by atoms with Crippen LogP contribution < -0.4 is 5.73 Å². The van der Waals surface area contributed by atoms with Gasteiger partial charge in [-0.1, -0.05) is 57.6 Å². The van der Waals surface area contributed by atoms with Gasteiger partial charge in [-0.25, -0.2) is 0 Å². The number of aliphatic carboxylic acids is 1. The summed E-state index contributed by atoms with van der Waals surface area (Å²) < 4.78 is 0. The van der Waals surface area contributed by atoms with E-state index in [0.29, 0.717) is 18.6 Å². The summed E-state index contributed by atoms with van der Waals surface area (Å²) in [5.41, 5.74) is 5.05. The van der Waals surface area contributed by atoms with Crippen molar-refractivity contribution in [2.45, 2.75) is 96.8 Å². The number of nitrogens with two attached hydrogens (primary N) is 1. The average molecular weight is 368 g/mol. The number of hydrogen-bond acceptors (Lipinski definition) is 3. The van der Waals surface area contributed by atoms with Gasteiger partial charge in [0, 0.05) is 19.3 Å². The first-order valence-electron chi connectivity index (χ1n) is 10.1. The molecular weight excluding hydrogens is 330 g/mol. The fourth-order valence-electron chi connectivity index (χ4n) is 2.88. The molecule has 0 saturated heterocycles. The molecule has 0 aliphatic rings. The Kier molecular flexibility index (Phi) is 15.7. The summed E-state index contributed by atoms with van der Waals surface area (Å²) in [6.45, 7) is 2.19. The zero-order chi connectivity index (χ0) is 19.6. The number of rotatable bonds is 18. The second kappa shape index (κ2) is 16.8. The molecule has 1 amide bonds. The van der Waals surface area contributed by atoms with E-state index in [1.165, 1.54) is 25.7 Å². The third kappa shape index (κ3) is 15.9. The molecule has 0 rings (SSSR count). The lowest BCUT2D eigenvalue weighted by molar-refractivity contribution is -0.143. The summed E-state index contributed by atoms with van der Waals surface area (Å²) in [4.78, 5) is 33.5. The molecule has 1 atom stereocenters. The topological polar surface area (TPSA) is 97.5 Å². The van der Waals surface area contributed by atoms with Gasteiger partial charge in [-0.2, -0.15) is 0 Å². The van der Waals surface area contributed by atoms with Gasteiger partial charge in [0.05, 0.1) is 5.92 Å². The number of carbonyl (C=O) groups excluding carboxylic acids is 2. The second-order valence-electron chi connectivity index (χ2n) is 7.07. The Morgan fingerprint density at radius 1 is 0.885 bits per heavy atom. The highest BCUT2D eigenvalue weighted by Crippen LogP contribution is 2.12. The van der Waals surface area contributed by atoms with Crippen LogP contribution in [0.15, 0.2) is 12.2 Å². The summed E-state index contributed by atoms with van der Waals surface area (Å²) in [5.74, 6) is -1.89. The highest BCUT2D eigenvalue weighted by Gasteiger charge is 2.17. The Balaban J connectivity index is 3.55. The van der Waals surface area contributed by atoms with E-state index in [4.69, 9.17) is 10.8 Å². The van der Waals surface area contributed by atoms with Crippen LogP contribution in [0.5, 0.6) is 0 Å². The summed E-state index contributed by atoms with van der Waals surface area (Å²) in [6.07, 6.45) is 16.5. The Hall–Kier alpha value is -1.65. The predicted octanol–water partition coefficient (Wildman–Crippen LogP) is 4.78. The number of Topliss-reactive ketones (excluding diaryl/α,β-unsaturated/α-hetero) is 1. The minimum Gasteiger partial charge on any atom is -0.481 e. The van der Waals surface area contributed by atoms with Gasteiger partial charge in [0.25, 0.3) is 0 Å². The highest BCUT2D eigenvalue weighted by atomic mass is 16.4. The number of carbonyl (C=O) groups is 3. The predicted molar refractivity (Wildman–Crippen MR) is 105 cm³/mol. The molecular formula is C21H37NO4. The SMILES string of the molecule is CCCCCCCC(=O)CCCCCC/C=C/C[C@@H](CC(N)=O)C(=O)O. The van der Waals surface area contributed by atoms with Crippen LogP contribution in [0.3, 0.4) is 0 Å². The van der Waals surface area contributed by atoms with E-state index in [1.54, 1.807) is 0 Å². The normalized spacial score (nSPS) is 12.3. The summed E-state index contributed by atoms with van der Waals surface area (Å²) in [7, 11) is 0. The molecule has 5 heteroatoms. The summed E-state index contributed by atoms with van der Waals surface area (Å²) in [5, 5.41) is 8.99. The first-order chi connectivity index (χ1) is 12.5. The lowest BCUT2D eigenvalue weighted by atomic mass is 10.0. The van der Waals surface area contributed by atoms with Crippen LogP contribution in [-0.2, 0) is 14.4 Å². The molecule has 0 aromatic rings. The zero-order valence-corrected chi connectivity index (χ0v) is 16.4. The van der Waals surface area contributed by atoms with E-state index >= 15 is 0 Å². The fourth-order valence-corrected chi connectivity index (χ4v) is 2.88. The molecule has 0 aromatic heterocycles. The Labute approximate surface area is 158 Å². The van der Waals surface area contributed by atoms with Gasteiger partial charge in [0.2, 0.25) is 5.91 Å². The Morgan fingerprint density at radius 2 is 1.46 bits per heavy atom. The van der Waals surface area contributed by atoms with Gasteiger partial charge in [-0.05, 0) is 32.1 Å². The molecule has 0 spiro atoms. The minimum atomic E-state index is -0.983.